The predicted octanol–water partition coefficient (Wildman–Crippen LogP) is 2.56. The molecule has 1 fully saturated rings. The topological polar surface area (TPSA) is 54.5 Å². The SMILES string of the molecule is C[C@H]1CN(C(=O)NCc2ccc3ccccc3n2)CCCO1. The maximum atomic E-state index is 12.3. The van der Waals surface area contributed by atoms with Crippen LogP contribution in [0.5, 0.6) is 0 Å². The first-order valence-electron chi connectivity index (χ1n) is 7.71. The van der Waals surface area contributed by atoms with E-state index in [1.807, 2.05) is 48.2 Å². The zero-order valence-electron chi connectivity index (χ0n) is 12.8. The number of aromatic nitrogens is 1. The van der Waals surface area contributed by atoms with Gasteiger partial charge in [-0.25, -0.2) is 4.79 Å². The fourth-order valence-electron chi connectivity index (χ4n) is 2.66. The number of fused-ring (bicyclic) bond motifs is 1. The lowest BCUT2D eigenvalue weighted by molar-refractivity contribution is 0.0710. The van der Waals surface area contributed by atoms with Crippen molar-refractivity contribution in [1.29, 1.82) is 0 Å². The van der Waals surface area contributed by atoms with Crippen LogP contribution in [0.2, 0.25) is 0 Å². The zero-order chi connectivity index (χ0) is 15.4. The van der Waals surface area contributed by atoms with Gasteiger partial charge in [0.25, 0.3) is 0 Å². The molecule has 1 aromatic carbocycles. The summed E-state index contributed by atoms with van der Waals surface area (Å²) in [4.78, 5) is 18.7. The van der Waals surface area contributed by atoms with Crippen molar-refractivity contribution in [1.82, 2.24) is 15.2 Å². The van der Waals surface area contributed by atoms with E-state index in [1.54, 1.807) is 0 Å². The number of rotatable bonds is 2. The second-order valence-electron chi connectivity index (χ2n) is 5.63. The van der Waals surface area contributed by atoms with E-state index in [0.717, 1.165) is 36.2 Å². The van der Waals surface area contributed by atoms with E-state index in [-0.39, 0.29) is 12.1 Å². The van der Waals surface area contributed by atoms with Crippen LogP contribution < -0.4 is 5.32 Å². The van der Waals surface area contributed by atoms with Gasteiger partial charge in [-0.2, -0.15) is 0 Å². The number of hydrogen-bond donors (Lipinski definition) is 1. The number of para-hydroxylation sites is 1. The van der Waals surface area contributed by atoms with Crippen molar-refractivity contribution in [3.05, 3.63) is 42.1 Å². The number of pyridine rings is 1. The summed E-state index contributed by atoms with van der Waals surface area (Å²) in [6.45, 7) is 4.53. The molecular formula is C17H21N3O2. The number of urea groups is 1. The Morgan fingerprint density at radius 2 is 2.23 bits per heavy atom. The molecule has 3 rings (SSSR count). The average Bonchev–Trinajstić information content (AvgIpc) is 2.77. The summed E-state index contributed by atoms with van der Waals surface area (Å²) in [6.07, 6.45) is 0.971. The first kappa shape index (κ1) is 14.8. The Labute approximate surface area is 130 Å². The van der Waals surface area contributed by atoms with Crippen molar-refractivity contribution in [2.75, 3.05) is 19.7 Å². The smallest absolute Gasteiger partial charge is 0.317 e. The highest BCUT2D eigenvalue weighted by atomic mass is 16.5. The summed E-state index contributed by atoms with van der Waals surface area (Å²) in [5, 5.41) is 4.06. The largest absolute Gasteiger partial charge is 0.377 e. The fourth-order valence-corrected chi connectivity index (χ4v) is 2.66. The predicted molar refractivity (Wildman–Crippen MR) is 85.6 cm³/mol. The number of carbonyl (C=O) groups is 1. The van der Waals surface area contributed by atoms with Crippen molar-refractivity contribution in [3.63, 3.8) is 0 Å². The van der Waals surface area contributed by atoms with Gasteiger partial charge in [0.05, 0.1) is 23.9 Å². The number of benzene rings is 1. The standard InChI is InChI=1S/C17H21N3O2/c1-13-12-20(9-4-10-22-13)17(21)18-11-15-8-7-14-5-2-3-6-16(14)19-15/h2-3,5-8,13H,4,9-12H2,1H3,(H,18,21)/t13-/m0/s1. The number of hydrogen-bond acceptors (Lipinski definition) is 3. The van der Waals surface area contributed by atoms with Crippen LogP contribution in [0.1, 0.15) is 19.0 Å². The summed E-state index contributed by atoms with van der Waals surface area (Å²) in [5.74, 6) is 0. The van der Waals surface area contributed by atoms with Crippen LogP contribution >= 0.6 is 0 Å². The minimum absolute atomic E-state index is 0.0488. The molecule has 1 atom stereocenters. The maximum Gasteiger partial charge on any atom is 0.317 e. The Hall–Kier alpha value is -2.14. The number of nitrogens with zero attached hydrogens (tertiary/aromatic N) is 2. The highest BCUT2D eigenvalue weighted by Gasteiger charge is 2.19. The molecule has 1 aromatic heterocycles. The molecule has 1 aliphatic heterocycles. The van der Waals surface area contributed by atoms with Crippen LogP contribution in [0.4, 0.5) is 4.79 Å². The van der Waals surface area contributed by atoms with Gasteiger partial charge in [-0.15, -0.1) is 0 Å². The van der Waals surface area contributed by atoms with Crippen molar-refractivity contribution in [3.8, 4) is 0 Å². The lowest BCUT2D eigenvalue weighted by Crippen LogP contribution is -2.42. The Morgan fingerprint density at radius 3 is 3.14 bits per heavy atom. The number of amides is 2. The van der Waals surface area contributed by atoms with Crippen molar-refractivity contribution >= 4 is 16.9 Å². The number of ether oxygens (including phenoxy) is 1. The van der Waals surface area contributed by atoms with Gasteiger partial charge in [0.1, 0.15) is 0 Å². The fraction of sp³-hybridized carbons (Fsp3) is 0.412. The second kappa shape index (κ2) is 6.75. The van der Waals surface area contributed by atoms with Gasteiger partial charge in [-0.05, 0) is 25.5 Å². The van der Waals surface area contributed by atoms with Crippen LogP contribution in [0.15, 0.2) is 36.4 Å². The molecule has 5 nitrogen and oxygen atoms in total. The summed E-state index contributed by atoms with van der Waals surface area (Å²) in [6, 6.07) is 11.9. The third-order valence-electron chi connectivity index (χ3n) is 3.82. The summed E-state index contributed by atoms with van der Waals surface area (Å²) in [7, 11) is 0. The highest BCUT2D eigenvalue weighted by Crippen LogP contribution is 2.12. The first-order chi connectivity index (χ1) is 10.7. The first-order valence-corrected chi connectivity index (χ1v) is 7.71. The van der Waals surface area contributed by atoms with Crippen LogP contribution in [0.25, 0.3) is 10.9 Å². The normalized spacial score (nSPS) is 19.0. The van der Waals surface area contributed by atoms with E-state index in [2.05, 4.69) is 10.3 Å². The molecule has 0 saturated carbocycles. The van der Waals surface area contributed by atoms with Gasteiger partial charge in [-0.3, -0.25) is 4.98 Å². The monoisotopic (exact) mass is 299 g/mol. The van der Waals surface area contributed by atoms with Crippen molar-refractivity contribution in [2.45, 2.75) is 26.0 Å². The second-order valence-corrected chi connectivity index (χ2v) is 5.63. The van der Waals surface area contributed by atoms with Crippen molar-refractivity contribution < 1.29 is 9.53 Å². The van der Waals surface area contributed by atoms with E-state index >= 15 is 0 Å². The van der Waals surface area contributed by atoms with Crippen LogP contribution in [-0.4, -0.2) is 41.7 Å². The molecule has 1 N–H and O–H groups in total. The molecule has 0 aliphatic carbocycles. The lowest BCUT2D eigenvalue weighted by Gasteiger charge is -2.22. The van der Waals surface area contributed by atoms with Gasteiger partial charge in [0.15, 0.2) is 0 Å². The quantitative estimate of drug-likeness (QED) is 0.927. The lowest BCUT2D eigenvalue weighted by atomic mass is 10.2. The van der Waals surface area contributed by atoms with E-state index < -0.39 is 0 Å². The molecule has 2 aromatic rings. The third-order valence-corrected chi connectivity index (χ3v) is 3.82. The van der Waals surface area contributed by atoms with Crippen LogP contribution in [-0.2, 0) is 11.3 Å². The van der Waals surface area contributed by atoms with Gasteiger partial charge in [-0.1, -0.05) is 24.3 Å². The van der Waals surface area contributed by atoms with Gasteiger partial charge in [0, 0.05) is 25.1 Å². The molecule has 0 unspecified atom stereocenters. The molecule has 22 heavy (non-hydrogen) atoms. The third kappa shape index (κ3) is 3.54. The molecule has 5 heteroatoms. The van der Waals surface area contributed by atoms with Crippen molar-refractivity contribution in [2.24, 2.45) is 0 Å². The molecular weight excluding hydrogens is 278 g/mol. The van der Waals surface area contributed by atoms with Crippen LogP contribution in [0.3, 0.4) is 0 Å². The minimum Gasteiger partial charge on any atom is -0.377 e. The Balaban J connectivity index is 1.61. The molecule has 2 heterocycles. The minimum atomic E-state index is -0.0488. The van der Waals surface area contributed by atoms with E-state index in [0.29, 0.717) is 13.1 Å². The molecule has 116 valence electrons. The molecule has 0 radical (unpaired) electrons. The maximum absolute atomic E-state index is 12.3. The average molecular weight is 299 g/mol. The van der Waals surface area contributed by atoms with Gasteiger partial charge < -0.3 is 15.0 Å². The van der Waals surface area contributed by atoms with E-state index in [1.165, 1.54) is 0 Å². The highest BCUT2D eigenvalue weighted by molar-refractivity contribution is 5.78. The Kier molecular flexibility index (Phi) is 4.53. The summed E-state index contributed by atoms with van der Waals surface area (Å²) < 4.78 is 5.56. The molecule has 2 amide bonds. The summed E-state index contributed by atoms with van der Waals surface area (Å²) >= 11 is 0. The van der Waals surface area contributed by atoms with Gasteiger partial charge in [0.2, 0.25) is 0 Å². The van der Waals surface area contributed by atoms with E-state index in [4.69, 9.17) is 4.74 Å². The Bertz CT molecular complexity index is 659. The Morgan fingerprint density at radius 1 is 1.36 bits per heavy atom. The summed E-state index contributed by atoms with van der Waals surface area (Å²) in [5.41, 5.74) is 1.82. The number of nitrogens with one attached hydrogen (secondary N) is 1. The molecule has 0 bridgehead atoms. The molecule has 1 aliphatic rings. The molecule has 0 spiro atoms. The van der Waals surface area contributed by atoms with E-state index in [9.17, 15) is 4.79 Å². The van der Waals surface area contributed by atoms with Gasteiger partial charge >= 0.3 is 6.03 Å². The van der Waals surface area contributed by atoms with Crippen LogP contribution in [0, 0.1) is 0 Å². The number of carbonyl (C=O) groups excluding carboxylic acids is 1. The zero-order valence-corrected chi connectivity index (χ0v) is 12.8. The molecule has 1 saturated heterocycles.